The van der Waals surface area contributed by atoms with Crippen molar-refractivity contribution in [2.24, 2.45) is 5.73 Å². The van der Waals surface area contributed by atoms with E-state index in [-0.39, 0.29) is 31.3 Å². The maximum Gasteiger partial charge on any atom is 0.416 e. The van der Waals surface area contributed by atoms with Crippen molar-refractivity contribution in [1.29, 1.82) is 0 Å². The van der Waals surface area contributed by atoms with Gasteiger partial charge in [-0.15, -0.1) is 12.4 Å². The van der Waals surface area contributed by atoms with Gasteiger partial charge in [-0.05, 0) is 31.5 Å². The van der Waals surface area contributed by atoms with Crippen molar-refractivity contribution in [2.75, 3.05) is 20.2 Å². The van der Waals surface area contributed by atoms with Crippen molar-refractivity contribution in [1.82, 2.24) is 4.90 Å². The highest BCUT2D eigenvalue weighted by atomic mass is 35.5. The lowest BCUT2D eigenvalue weighted by Crippen LogP contribution is -2.37. The normalized spacial score (nSPS) is 13.8. The maximum atomic E-state index is 12.8. The number of hydrogen-bond acceptors (Lipinski definition) is 3. The van der Waals surface area contributed by atoms with Gasteiger partial charge >= 0.3 is 6.18 Å². The van der Waals surface area contributed by atoms with Gasteiger partial charge in [0.15, 0.2) is 0 Å². The molecule has 1 rings (SSSR count). The zero-order chi connectivity index (χ0) is 17.6. The molecule has 0 fully saturated rings. The average molecular weight is 369 g/mol. The summed E-state index contributed by atoms with van der Waals surface area (Å²) in [6.07, 6.45) is -4.70. The molecular formula is C16H24ClF3N2O2. The van der Waals surface area contributed by atoms with Crippen LogP contribution in [0.1, 0.15) is 37.4 Å². The van der Waals surface area contributed by atoms with Crippen molar-refractivity contribution in [3.05, 3.63) is 35.4 Å². The van der Waals surface area contributed by atoms with Gasteiger partial charge in [0.05, 0.1) is 24.1 Å². The van der Waals surface area contributed by atoms with Crippen LogP contribution in [-0.4, -0.2) is 37.1 Å². The Morgan fingerprint density at radius 3 is 2.46 bits per heavy atom. The molecule has 2 atom stereocenters. The zero-order valence-corrected chi connectivity index (χ0v) is 14.8. The topological polar surface area (TPSA) is 55.6 Å². The van der Waals surface area contributed by atoms with Crippen LogP contribution in [0.4, 0.5) is 13.2 Å². The van der Waals surface area contributed by atoms with E-state index in [1.165, 1.54) is 18.1 Å². The van der Waals surface area contributed by atoms with E-state index in [0.717, 1.165) is 12.1 Å². The summed E-state index contributed by atoms with van der Waals surface area (Å²) < 4.78 is 43.6. The van der Waals surface area contributed by atoms with Gasteiger partial charge in [-0.3, -0.25) is 4.79 Å². The smallest absolute Gasteiger partial charge is 0.380 e. The molecule has 24 heavy (non-hydrogen) atoms. The van der Waals surface area contributed by atoms with Crippen molar-refractivity contribution >= 4 is 18.3 Å². The Bertz CT molecular complexity index is 522. The molecule has 0 aliphatic heterocycles. The van der Waals surface area contributed by atoms with Gasteiger partial charge < -0.3 is 15.4 Å². The number of hydrogen-bond donors (Lipinski definition) is 1. The highest BCUT2D eigenvalue weighted by molar-refractivity contribution is 5.85. The lowest BCUT2D eigenvalue weighted by molar-refractivity contribution is -0.137. The van der Waals surface area contributed by atoms with Crippen molar-refractivity contribution in [2.45, 2.75) is 38.6 Å². The quantitative estimate of drug-likeness (QED) is 0.802. The number of halogens is 4. The second-order valence-electron chi connectivity index (χ2n) is 5.28. The van der Waals surface area contributed by atoms with Gasteiger partial charge in [-0.1, -0.05) is 12.1 Å². The lowest BCUT2D eigenvalue weighted by Gasteiger charge is -2.30. The highest BCUT2D eigenvalue weighted by Crippen LogP contribution is 2.32. The fourth-order valence-electron chi connectivity index (χ4n) is 2.40. The SMILES string of the molecule is CCN(C(=O)CC(CN)OC)C(C)c1cccc(C(F)(F)F)c1.Cl. The number of amides is 1. The molecule has 1 aromatic carbocycles. The molecule has 4 nitrogen and oxygen atoms in total. The molecule has 0 bridgehead atoms. The van der Waals surface area contributed by atoms with E-state index < -0.39 is 23.9 Å². The van der Waals surface area contributed by atoms with Crippen LogP contribution in [0.25, 0.3) is 0 Å². The minimum absolute atomic E-state index is 0. The third-order valence-corrected chi connectivity index (χ3v) is 3.82. The summed E-state index contributed by atoms with van der Waals surface area (Å²) in [4.78, 5) is 13.9. The summed E-state index contributed by atoms with van der Waals surface area (Å²) >= 11 is 0. The Labute approximate surface area is 146 Å². The average Bonchev–Trinajstić information content (AvgIpc) is 2.52. The first-order chi connectivity index (χ1) is 10.7. The number of nitrogens with zero attached hydrogens (tertiary/aromatic N) is 1. The second-order valence-corrected chi connectivity index (χ2v) is 5.28. The van der Waals surface area contributed by atoms with Crippen molar-refractivity contribution in [3.8, 4) is 0 Å². The number of methoxy groups -OCH3 is 1. The standard InChI is InChI=1S/C16H23F3N2O2.ClH/c1-4-21(15(22)9-14(10-20)23-3)11(2)12-6-5-7-13(8-12)16(17,18)19;/h5-8,11,14H,4,9-10,20H2,1-3H3;1H. The predicted molar refractivity (Wildman–Crippen MR) is 89.0 cm³/mol. The van der Waals surface area contributed by atoms with E-state index in [1.807, 2.05) is 0 Å². The maximum absolute atomic E-state index is 12.8. The van der Waals surface area contributed by atoms with Crippen LogP contribution in [0.15, 0.2) is 24.3 Å². The number of nitrogens with two attached hydrogens (primary N) is 1. The minimum Gasteiger partial charge on any atom is -0.380 e. The molecule has 0 radical (unpaired) electrons. The van der Waals surface area contributed by atoms with Gasteiger partial charge in [-0.25, -0.2) is 0 Å². The van der Waals surface area contributed by atoms with Gasteiger partial charge in [0.2, 0.25) is 5.91 Å². The van der Waals surface area contributed by atoms with Crippen LogP contribution in [0.5, 0.6) is 0 Å². The third kappa shape index (κ3) is 5.96. The fraction of sp³-hybridized carbons (Fsp3) is 0.562. The molecule has 138 valence electrons. The minimum atomic E-state index is -4.41. The van der Waals surface area contributed by atoms with Crippen LogP contribution >= 0.6 is 12.4 Å². The van der Waals surface area contributed by atoms with E-state index in [4.69, 9.17) is 10.5 Å². The molecule has 2 unspecified atom stereocenters. The fourth-order valence-corrected chi connectivity index (χ4v) is 2.40. The largest absolute Gasteiger partial charge is 0.416 e. The van der Waals surface area contributed by atoms with E-state index in [9.17, 15) is 18.0 Å². The Morgan fingerprint density at radius 2 is 2.00 bits per heavy atom. The van der Waals surface area contributed by atoms with Crippen LogP contribution in [0.2, 0.25) is 0 Å². The molecule has 0 saturated heterocycles. The Morgan fingerprint density at radius 1 is 1.38 bits per heavy atom. The summed E-state index contributed by atoms with van der Waals surface area (Å²) in [5.74, 6) is -0.199. The number of benzene rings is 1. The van der Waals surface area contributed by atoms with Crippen LogP contribution in [0.3, 0.4) is 0 Å². The van der Waals surface area contributed by atoms with Gasteiger partial charge in [0.1, 0.15) is 0 Å². The van der Waals surface area contributed by atoms with Gasteiger partial charge in [0, 0.05) is 20.2 Å². The third-order valence-electron chi connectivity index (χ3n) is 3.82. The Balaban J connectivity index is 0.00000529. The summed E-state index contributed by atoms with van der Waals surface area (Å²) in [5.41, 5.74) is 5.23. The molecule has 0 aromatic heterocycles. The second kappa shape index (κ2) is 9.86. The molecule has 1 aromatic rings. The molecule has 8 heteroatoms. The Kier molecular flexibility index (Phi) is 9.32. The van der Waals surface area contributed by atoms with E-state index in [0.29, 0.717) is 12.1 Å². The summed E-state index contributed by atoms with van der Waals surface area (Å²) in [6, 6.07) is 4.57. The van der Waals surface area contributed by atoms with Crippen molar-refractivity contribution in [3.63, 3.8) is 0 Å². The van der Waals surface area contributed by atoms with E-state index >= 15 is 0 Å². The molecule has 0 heterocycles. The molecule has 0 saturated carbocycles. The zero-order valence-electron chi connectivity index (χ0n) is 14.0. The molecular weight excluding hydrogens is 345 g/mol. The number of carbonyl (C=O) groups excluding carboxylic acids is 1. The number of ether oxygens (including phenoxy) is 1. The summed E-state index contributed by atoms with van der Waals surface area (Å²) in [6.45, 7) is 4.09. The molecule has 1 amide bonds. The highest BCUT2D eigenvalue weighted by Gasteiger charge is 2.31. The first kappa shape index (κ1) is 22.7. The summed E-state index contributed by atoms with van der Waals surface area (Å²) in [7, 11) is 1.47. The monoisotopic (exact) mass is 368 g/mol. The Hall–Kier alpha value is -1.31. The van der Waals surface area contributed by atoms with Crippen molar-refractivity contribution < 1.29 is 22.7 Å². The lowest BCUT2D eigenvalue weighted by atomic mass is 10.0. The first-order valence-electron chi connectivity index (χ1n) is 7.44. The molecule has 2 N–H and O–H groups in total. The first-order valence-corrected chi connectivity index (χ1v) is 7.44. The van der Waals surface area contributed by atoms with Crippen LogP contribution in [-0.2, 0) is 15.7 Å². The number of carbonyl (C=O) groups is 1. The number of alkyl halides is 3. The summed E-state index contributed by atoms with van der Waals surface area (Å²) in [5, 5.41) is 0. The number of rotatable bonds is 7. The molecule has 0 spiro atoms. The predicted octanol–water partition coefficient (Wildman–Crippen LogP) is 3.40. The van der Waals surface area contributed by atoms with Gasteiger partial charge in [-0.2, -0.15) is 13.2 Å². The molecule has 0 aliphatic rings. The van der Waals surface area contributed by atoms with E-state index in [2.05, 4.69) is 0 Å². The van der Waals surface area contributed by atoms with Gasteiger partial charge in [0.25, 0.3) is 0 Å². The molecule has 0 aliphatic carbocycles. The van der Waals surface area contributed by atoms with Crippen LogP contribution < -0.4 is 5.73 Å². The van der Waals surface area contributed by atoms with Crippen LogP contribution in [0, 0.1) is 0 Å². The van der Waals surface area contributed by atoms with E-state index in [1.54, 1.807) is 19.9 Å².